The lowest BCUT2D eigenvalue weighted by molar-refractivity contribution is -0.119. The van der Waals surface area contributed by atoms with Gasteiger partial charge >= 0.3 is 0 Å². The van der Waals surface area contributed by atoms with Crippen LogP contribution in [0.1, 0.15) is 24.8 Å². The first kappa shape index (κ1) is 16.1. The van der Waals surface area contributed by atoms with Crippen LogP contribution in [0.25, 0.3) is 0 Å². The molecule has 1 amide bonds. The van der Waals surface area contributed by atoms with Gasteiger partial charge in [0, 0.05) is 31.7 Å². The summed E-state index contributed by atoms with van der Waals surface area (Å²) in [4.78, 5) is 13.4. The first-order chi connectivity index (χ1) is 11.2. The highest BCUT2D eigenvalue weighted by atomic mass is 16.5. The number of fused-ring (bicyclic) bond motifs is 1. The molecule has 1 aromatic rings. The van der Waals surface area contributed by atoms with Gasteiger partial charge in [0.25, 0.3) is 0 Å². The van der Waals surface area contributed by atoms with Gasteiger partial charge in [0.15, 0.2) is 11.5 Å². The van der Waals surface area contributed by atoms with Crippen LogP contribution in [0.3, 0.4) is 0 Å². The fraction of sp³-hybridized carbons (Fsp3) is 0.588. The number of rotatable bonds is 6. The van der Waals surface area contributed by atoms with Gasteiger partial charge in [0.05, 0.1) is 25.9 Å². The highest BCUT2D eigenvalue weighted by Gasteiger charge is 2.22. The Morgan fingerprint density at radius 3 is 2.87 bits per heavy atom. The third-order valence-corrected chi connectivity index (χ3v) is 4.11. The van der Waals surface area contributed by atoms with Crippen LogP contribution in [0, 0.1) is 0 Å². The lowest BCUT2D eigenvalue weighted by Crippen LogP contribution is -2.38. The molecular formula is C17H24N2O4. The van der Waals surface area contributed by atoms with Gasteiger partial charge in [-0.2, -0.15) is 0 Å². The number of hydrogen-bond donors (Lipinski definition) is 1. The topological polar surface area (TPSA) is 74.0 Å². The van der Waals surface area contributed by atoms with Crippen LogP contribution in [0.2, 0.25) is 0 Å². The minimum absolute atomic E-state index is 0.175. The van der Waals surface area contributed by atoms with Crippen molar-refractivity contribution in [2.75, 3.05) is 32.9 Å². The molecule has 1 aromatic carbocycles. The molecule has 6 heteroatoms. The van der Waals surface area contributed by atoms with Crippen LogP contribution < -0.4 is 15.2 Å². The summed E-state index contributed by atoms with van der Waals surface area (Å²) in [6.07, 6.45) is 3.15. The molecule has 0 radical (unpaired) electrons. The van der Waals surface area contributed by atoms with E-state index in [1.807, 2.05) is 23.1 Å². The van der Waals surface area contributed by atoms with Crippen molar-refractivity contribution in [3.05, 3.63) is 23.8 Å². The normalized spacial score (nSPS) is 20.5. The summed E-state index contributed by atoms with van der Waals surface area (Å²) in [5.74, 6) is 1.23. The zero-order valence-corrected chi connectivity index (χ0v) is 13.3. The summed E-state index contributed by atoms with van der Waals surface area (Å²) in [6.45, 7) is 3.61. The molecule has 0 aliphatic carbocycles. The average molecular weight is 320 g/mol. The predicted octanol–water partition coefficient (Wildman–Crippen LogP) is 1.31. The third-order valence-electron chi connectivity index (χ3n) is 4.11. The molecule has 0 saturated carbocycles. The van der Waals surface area contributed by atoms with E-state index in [9.17, 15) is 4.79 Å². The minimum atomic E-state index is -0.331. The molecule has 1 saturated heterocycles. The lowest BCUT2D eigenvalue weighted by Gasteiger charge is -2.25. The highest BCUT2D eigenvalue weighted by Crippen LogP contribution is 2.34. The maximum Gasteiger partial charge on any atom is 0.231 e. The number of amides is 1. The Labute approximate surface area is 136 Å². The number of ether oxygens (including phenoxy) is 3. The Morgan fingerprint density at radius 2 is 2.09 bits per heavy atom. The van der Waals surface area contributed by atoms with Gasteiger partial charge in [0.1, 0.15) is 0 Å². The van der Waals surface area contributed by atoms with Crippen molar-refractivity contribution < 1.29 is 19.0 Å². The molecule has 3 rings (SSSR count). The first-order valence-electron chi connectivity index (χ1n) is 8.22. The molecule has 0 spiro atoms. The second-order valence-electron chi connectivity index (χ2n) is 6.07. The standard InChI is InChI=1S/C17H24N2O4/c18-16(20)12-19(11-14-5-2-7-21-14)10-13-4-1-6-15-17(13)23-9-3-8-22-15/h1,4,6,14H,2-3,5,7-12H2,(H2,18,20). The maximum atomic E-state index is 11.4. The van der Waals surface area contributed by atoms with E-state index in [2.05, 4.69) is 0 Å². The molecule has 6 nitrogen and oxygen atoms in total. The second-order valence-corrected chi connectivity index (χ2v) is 6.07. The fourth-order valence-electron chi connectivity index (χ4n) is 3.10. The van der Waals surface area contributed by atoms with Crippen molar-refractivity contribution in [1.29, 1.82) is 0 Å². The van der Waals surface area contributed by atoms with Gasteiger partial charge < -0.3 is 19.9 Å². The molecule has 1 unspecified atom stereocenters. The van der Waals surface area contributed by atoms with E-state index in [0.717, 1.165) is 42.9 Å². The van der Waals surface area contributed by atoms with Crippen molar-refractivity contribution >= 4 is 5.91 Å². The van der Waals surface area contributed by atoms with Gasteiger partial charge in [-0.15, -0.1) is 0 Å². The largest absolute Gasteiger partial charge is 0.490 e. The molecule has 1 atom stereocenters. The zero-order chi connectivity index (χ0) is 16.1. The second kappa shape index (κ2) is 7.66. The summed E-state index contributed by atoms with van der Waals surface area (Å²) in [7, 11) is 0. The number of benzene rings is 1. The third kappa shape index (κ3) is 4.36. The first-order valence-corrected chi connectivity index (χ1v) is 8.22. The quantitative estimate of drug-likeness (QED) is 0.855. The number of nitrogens with zero attached hydrogens (tertiary/aromatic N) is 1. The van der Waals surface area contributed by atoms with Gasteiger partial charge in [-0.25, -0.2) is 0 Å². The zero-order valence-electron chi connectivity index (χ0n) is 13.3. The lowest BCUT2D eigenvalue weighted by atomic mass is 10.1. The van der Waals surface area contributed by atoms with Crippen molar-refractivity contribution in [2.24, 2.45) is 5.73 Å². The summed E-state index contributed by atoms with van der Waals surface area (Å²) < 4.78 is 17.3. The molecule has 1 fully saturated rings. The van der Waals surface area contributed by atoms with Crippen molar-refractivity contribution in [3.63, 3.8) is 0 Å². The predicted molar refractivity (Wildman–Crippen MR) is 85.5 cm³/mol. The molecule has 2 aliphatic rings. The molecular weight excluding hydrogens is 296 g/mol. The van der Waals surface area contributed by atoms with E-state index in [0.29, 0.717) is 26.3 Å². The van der Waals surface area contributed by atoms with Crippen LogP contribution in [-0.2, 0) is 16.1 Å². The van der Waals surface area contributed by atoms with Crippen LogP contribution in [0.15, 0.2) is 18.2 Å². The number of hydrogen-bond acceptors (Lipinski definition) is 5. The van der Waals surface area contributed by atoms with E-state index in [4.69, 9.17) is 19.9 Å². The van der Waals surface area contributed by atoms with Gasteiger partial charge in [0.2, 0.25) is 5.91 Å². The van der Waals surface area contributed by atoms with Crippen molar-refractivity contribution in [1.82, 2.24) is 4.90 Å². The molecule has 23 heavy (non-hydrogen) atoms. The SMILES string of the molecule is NC(=O)CN(Cc1cccc2c1OCCCO2)CC1CCCO1. The summed E-state index contributed by atoms with van der Waals surface area (Å²) in [5, 5.41) is 0. The van der Waals surface area contributed by atoms with Crippen LogP contribution in [0.4, 0.5) is 0 Å². The number of primary amides is 1. The Morgan fingerprint density at radius 1 is 1.22 bits per heavy atom. The Hall–Kier alpha value is -1.79. The number of carbonyl (C=O) groups excluding carboxylic acids is 1. The molecule has 126 valence electrons. The summed E-state index contributed by atoms with van der Waals surface area (Å²) >= 11 is 0. The molecule has 0 bridgehead atoms. The molecule has 2 N–H and O–H groups in total. The van der Waals surface area contributed by atoms with E-state index in [1.54, 1.807) is 0 Å². The van der Waals surface area contributed by atoms with Crippen LogP contribution >= 0.6 is 0 Å². The van der Waals surface area contributed by atoms with E-state index < -0.39 is 0 Å². The number of carbonyl (C=O) groups is 1. The monoisotopic (exact) mass is 320 g/mol. The Bertz CT molecular complexity index is 543. The average Bonchev–Trinajstić information content (AvgIpc) is 2.89. The Balaban J connectivity index is 1.74. The summed E-state index contributed by atoms with van der Waals surface area (Å²) in [6, 6.07) is 5.89. The molecule has 2 heterocycles. The van der Waals surface area contributed by atoms with Crippen LogP contribution in [-0.4, -0.2) is 49.8 Å². The smallest absolute Gasteiger partial charge is 0.231 e. The Kier molecular flexibility index (Phi) is 5.35. The van der Waals surface area contributed by atoms with E-state index in [1.165, 1.54) is 0 Å². The van der Waals surface area contributed by atoms with E-state index in [-0.39, 0.29) is 18.6 Å². The van der Waals surface area contributed by atoms with Crippen LogP contribution in [0.5, 0.6) is 11.5 Å². The number of para-hydroxylation sites is 1. The van der Waals surface area contributed by atoms with Crippen molar-refractivity contribution in [2.45, 2.75) is 31.9 Å². The minimum Gasteiger partial charge on any atom is -0.490 e. The molecule has 0 aromatic heterocycles. The van der Waals surface area contributed by atoms with E-state index >= 15 is 0 Å². The van der Waals surface area contributed by atoms with Gasteiger partial charge in [-0.1, -0.05) is 12.1 Å². The van der Waals surface area contributed by atoms with Gasteiger partial charge in [-0.3, -0.25) is 9.69 Å². The van der Waals surface area contributed by atoms with Crippen molar-refractivity contribution in [3.8, 4) is 11.5 Å². The maximum absolute atomic E-state index is 11.4. The van der Waals surface area contributed by atoms with Gasteiger partial charge in [-0.05, 0) is 18.9 Å². The number of nitrogens with two attached hydrogens (primary N) is 1. The fourth-order valence-corrected chi connectivity index (χ4v) is 3.10. The summed E-state index contributed by atoms with van der Waals surface area (Å²) in [5.41, 5.74) is 6.42. The highest BCUT2D eigenvalue weighted by molar-refractivity contribution is 5.75. The molecule has 2 aliphatic heterocycles.